The van der Waals surface area contributed by atoms with Gasteiger partial charge in [0.15, 0.2) is 0 Å². The van der Waals surface area contributed by atoms with Gasteiger partial charge in [-0.05, 0) is 54.8 Å². The molecule has 0 aromatic heterocycles. The maximum absolute atomic E-state index is 12.7. The lowest BCUT2D eigenvalue weighted by molar-refractivity contribution is -0.138. The number of carbonyl (C=O) groups is 2. The molecule has 3 rings (SSSR count). The van der Waals surface area contributed by atoms with Crippen LogP contribution in [0.5, 0.6) is 0 Å². The van der Waals surface area contributed by atoms with Gasteiger partial charge < -0.3 is 10.6 Å². The maximum Gasteiger partial charge on any atom is 0.405 e. The van der Waals surface area contributed by atoms with Crippen LogP contribution < -0.4 is 10.6 Å². The van der Waals surface area contributed by atoms with E-state index in [4.69, 9.17) is 0 Å². The number of nitrogens with zero attached hydrogens (tertiary/aromatic N) is 1. The third-order valence-corrected chi connectivity index (χ3v) is 7.04. The highest BCUT2D eigenvalue weighted by Gasteiger charge is 2.28. The first-order chi connectivity index (χ1) is 15.5. The molecule has 0 unspecified atom stereocenters. The van der Waals surface area contributed by atoms with E-state index in [9.17, 15) is 31.2 Å². The smallest absolute Gasteiger partial charge is 0.347 e. The quantitative estimate of drug-likeness (QED) is 0.632. The average molecular weight is 484 g/mol. The number of nitrogens with one attached hydrogen (secondary N) is 2. The lowest BCUT2D eigenvalue weighted by atomic mass is 10.1. The Morgan fingerprint density at radius 2 is 1.52 bits per heavy atom. The van der Waals surface area contributed by atoms with E-state index in [2.05, 4.69) is 5.32 Å². The molecule has 2 N–H and O–H groups in total. The third-order valence-electron chi connectivity index (χ3n) is 5.13. The molecule has 1 aliphatic rings. The van der Waals surface area contributed by atoms with E-state index >= 15 is 0 Å². The van der Waals surface area contributed by atoms with Crippen LogP contribution in [0.2, 0.25) is 0 Å². The minimum atomic E-state index is -4.47. The van der Waals surface area contributed by atoms with E-state index in [1.165, 1.54) is 52.8 Å². The minimum absolute atomic E-state index is 0.133. The van der Waals surface area contributed by atoms with Gasteiger partial charge in [0.2, 0.25) is 15.9 Å². The van der Waals surface area contributed by atoms with E-state index < -0.39 is 34.6 Å². The Morgan fingerprint density at radius 1 is 0.909 bits per heavy atom. The van der Waals surface area contributed by atoms with Crippen molar-refractivity contribution in [1.29, 1.82) is 0 Å². The van der Waals surface area contributed by atoms with Gasteiger partial charge in [0.05, 0.1) is 11.3 Å². The van der Waals surface area contributed by atoms with E-state index in [1.807, 2.05) is 0 Å². The van der Waals surface area contributed by atoms with Gasteiger partial charge in [0.1, 0.15) is 6.54 Å². The van der Waals surface area contributed by atoms with Crippen molar-refractivity contribution in [3.8, 4) is 0 Å². The Hall–Kier alpha value is -2.92. The maximum atomic E-state index is 12.7. The summed E-state index contributed by atoms with van der Waals surface area (Å²) in [6.07, 6.45) is -2.03. The van der Waals surface area contributed by atoms with Gasteiger partial charge in [-0.1, -0.05) is 18.6 Å². The summed E-state index contributed by atoms with van der Waals surface area (Å²) in [6, 6.07) is 11.8. The molecule has 11 heteroatoms. The summed E-state index contributed by atoms with van der Waals surface area (Å²) >= 11 is 0. The molecule has 0 radical (unpaired) electrons. The fourth-order valence-electron chi connectivity index (χ4n) is 3.39. The molecule has 2 amide bonds. The average Bonchev–Trinajstić information content (AvgIpc) is 2.79. The predicted octanol–water partition coefficient (Wildman–Crippen LogP) is 3.33. The second-order valence-electron chi connectivity index (χ2n) is 7.71. The van der Waals surface area contributed by atoms with Crippen molar-refractivity contribution in [3.63, 3.8) is 0 Å². The summed E-state index contributed by atoms with van der Waals surface area (Å²) in [5.74, 6) is -1.21. The van der Waals surface area contributed by atoms with Gasteiger partial charge in [-0.25, -0.2) is 8.42 Å². The predicted molar refractivity (Wildman–Crippen MR) is 116 cm³/mol. The highest BCUT2D eigenvalue weighted by atomic mass is 32.2. The molecule has 0 aliphatic carbocycles. The number of benzene rings is 2. The van der Waals surface area contributed by atoms with Crippen molar-refractivity contribution < 1.29 is 31.2 Å². The zero-order valence-corrected chi connectivity index (χ0v) is 18.5. The number of hydrogen-bond donors (Lipinski definition) is 2. The molecule has 0 spiro atoms. The molecular weight excluding hydrogens is 459 g/mol. The largest absolute Gasteiger partial charge is 0.405 e. The standard InChI is InChI=1S/C22H24F3N3O4S/c23-22(24,25)15-26-20(29)14-16-4-8-18(9-5-16)27-21(30)17-6-10-19(11-7-17)33(31,32)28-12-2-1-3-13-28/h4-11H,1-3,12-15H2,(H,26,29)(H,27,30). The zero-order valence-electron chi connectivity index (χ0n) is 17.7. The minimum Gasteiger partial charge on any atom is -0.347 e. The molecule has 33 heavy (non-hydrogen) atoms. The van der Waals surface area contributed by atoms with Crippen LogP contribution in [0.15, 0.2) is 53.4 Å². The summed E-state index contributed by atoms with van der Waals surface area (Å²) in [4.78, 5) is 24.2. The molecule has 2 aromatic rings. The third kappa shape index (κ3) is 7.03. The molecule has 1 aliphatic heterocycles. The van der Waals surface area contributed by atoms with Crippen molar-refractivity contribution in [3.05, 3.63) is 59.7 Å². The highest BCUT2D eigenvalue weighted by Crippen LogP contribution is 2.21. The van der Waals surface area contributed by atoms with Gasteiger partial charge >= 0.3 is 6.18 Å². The normalized spacial score (nSPS) is 15.1. The van der Waals surface area contributed by atoms with Crippen molar-refractivity contribution in [2.24, 2.45) is 0 Å². The van der Waals surface area contributed by atoms with Crippen molar-refractivity contribution in [2.75, 3.05) is 25.0 Å². The zero-order chi connectivity index (χ0) is 24.1. The second-order valence-corrected chi connectivity index (χ2v) is 9.65. The van der Waals surface area contributed by atoms with Crippen molar-refractivity contribution >= 4 is 27.5 Å². The number of piperidine rings is 1. The number of carbonyl (C=O) groups excluding carboxylic acids is 2. The molecule has 0 saturated carbocycles. The molecular formula is C22H24F3N3O4S. The van der Waals surface area contributed by atoms with Crippen molar-refractivity contribution in [1.82, 2.24) is 9.62 Å². The van der Waals surface area contributed by atoms with E-state index in [-0.39, 0.29) is 16.9 Å². The van der Waals surface area contributed by atoms with Gasteiger partial charge in [0.25, 0.3) is 5.91 Å². The topological polar surface area (TPSA) is 95.6 Å². The van der Waals surface area contributed by atoms with Crippen LogP contribution in [0.4, 0.5) is 18.9 Å². The van der Waals surface area contributed by atoms with Gasteiger partial charge in [-0.15, -0.1) is 0 Å². The fraction of sp³-hybridized carbons (Fsp3) is 0.364. The molecule has 178 valence electrons. The van der Waals surface area contributed by atoms with Crippen LogP contribution in [0.25, 0.3) is 0 Å². The molecule has 1 fully saturated rings. The fourth-order valence-corrected chi connectivity index (χ4v) is 4.91. The van der Waals surface area contributed by atoms with Gasteiger partial charge in [-0.3, -0.25) is 9.59 Å². The molecule has 2 aromatic carbocycles. The second kappa shape index (κ2) is 10.3. The van der Waals surface area contributed by atoms with Crippen LogP contribution in [0.3, 0.4) is 0 Å². The van der Waals surface area contributed by atoms with Gasteiger partial charge in [0, 0.05) is 24.3 Å². The molecule has 1 heterocycles. The van der Waals surface area contributed by atoms with E-state index in [0.29, 0.717) is 24.3 Å². The van der Waals surface area contributed by atoms with E-state index in [0.717, 1.165) is 19.3 Å². The van der Waals surface area contributed by atoms with Crippen LogP contribution in [-0.4, -0.2) is 50.3 Å². The Bertz CT molecular complexity index is 1080. The van der Waals surface area contributed by atoms with Crippen molar-refractivity contribution in [2.45, 2.75) is 36.8 Å². The Labute approximate surface area is 190 Å². The Balaban J connectivity index is 1.57. The number of alkyl halides is 3. The first kappa shape index (κ1) is 24.7. The summed E-state index contributed by atoms with van der Waals surface area (Å²) in [5.41, 5.74) is 1.17. The van der Waals surface area contributed by atoms with Crippen LogP contribution in [-0.2, 0) is 21.2 Å². The van der Waals surface area contributed by atoms with Crippen LogP contribution in [0, 0.1) is 0 Å². The summed E-state index contributed by atoms with van der Waals surface area (Å²) in [7, 11) is -3.58. The molecule has 0 bridgehead atoms. The van der Waals surface area contributed by atoms with Crippen LogP contribution >= 0.6 is 0 Å². The lowest BCUT2D eigenvalue weighted by Gasteiger charge is -2.25. The number of amides is 2. The SMILES string of the molecule is O=C(Cc1ccc(NC(=O)c2ccc(S(=O)(=O)N3CCCCC3)cc2)cc1)NCC(F)(F)F. The molecule has 1 saturated heterocycles. The number of halogens is 3. The molecule has 0 atom stereocenters. The van der Waals surface area contributed by atoms with Gasteiger partial charge in [-0.2, -0.15) is 17.5 Å². The number of hydrogen-bond acceptors (Lipinski definition) is 4. The number of anilines is 1. The summed E-state index contributed by atoms with van der Waals surface area (Å²) < 4.78 is 63.3. The first-order valence-corrected chi connectivity index (χ1v) is 11.8. The number of sulfonamides is 1. The number of rotatable bonds is 7. The van der Waals surface area contributed by atoms with Crippen LogP contribution in [0.1, 0.15) is 35.2 Å². The lowest BCUT2D eigenvalue weighted by Crippen LogP contribution is -2.35. The summed E-state index contributed by atoms with van der Waals surface area (Å²) in [5, 5.41) is 4.45. The monoisotopic (exact) mass is 483 g/mol. The highest BCUT2D eigenvalue weighted by molar-refractivity contribution is 7.89. The Morgan fingerprint density at radius 3 is 2.09 bits per heavy atom. The first-order valence-electron chi connectivity index (χ1n) is 10.4. The summed E-state index contributed by atoms with van der Waals surface area (Å²) in [6.45, 7) is -0.410. The Kier molecular flexibility index (Phi) is 7.75. The molecule has 7 nitrogen and oxygen atoms in total. The van der Waals surface area contributed by atoms with E-state index in [1.54, 1.807) is 5.32 Å².